The lowest BCUT2D eigenvalue weighted by Gasteiger charge is -2.13. The number of sulfonamides is 1. The Morgan fingerprint density at radius 3 is 2.54 bits per heavy atom. The molecule has 2 aromatic carbocycles. The molecule has 0 aliphatic carbocycles. The molecular weight excluding hydrogens is 376 g/mol. The third-order valence-electron chi connectivity index (χ3n) is 3.90. The lowest BCUT2D eigenvalue weighted by Crippen LogP contribution is -2.26. The molecule has 2 aromatic rings. The van der Waals surface area contributed by atoms with Crippen LogP contribution in [0.2, 0.25) is 0 Å². The quantitative estimate of drug-likeness (QED) is 0.633. The average Bonchev–Trinajstić information content (AvgIpc) is 2.69. The fourth-order valence-corrected chi connectivity index (χ4v) is 3.41. The highest BCUT2D eigenvalue weighted by atomic mass is 32.2. The standard InChI is InChI=1S/C21H24N2O4S/c1-4-12-23-28(25,26)20-11-7-10-17(13-20)21(24)22-14-18-8-5-6-9-19(18)15-27-16(2)3/h1,5-11,13,16,23H,12,14-15H2,2-3H3,(H,22,24). The molecule has 148 valence electrons. The van der Waals surface area contributed by atoms with Gasteiger partial charge in [-0.1, -0.05) is 36.3 Å². The number of amides is 1. The van der Waals surface area contributed by atoms with Crippen LogP contribution in [0.5, 0.6) is 0 Å². The van der Waals surface area contributed by atoms with E-state index >= 15 is 0 Å². The molecule has 0 aliphatic rings. The summed E-state index contributed by atoms with van der Waals surface area (Å²) in [7, 11) is -3.76. The Kier molecular flexibility index (Phi) is 7.76. The van der Waals surface area contributed by atoms with Crippen molar-refractivity contribution in [1.29, 1.82) is 0 Å². The highest BCUT2D eigenvalue weighted by molar-refractivity contribution is 7.89. The van der Waals surface area contributed by atoms with Crippen LogP contribution in [0.15, 0.2) is 53.4 Å². The smallest absolute Gasteiger partial charge is 0.251 e. The van der Waals surface area contributed by atoms with Gasteiger partial charge in [-0.25, -0.2) is 8.42 Å². The Hall–Kier alpha value is -2.66. The van der Waals surface area contributed by atoms with Gasteiger partial charge < -0.3 is 10.1 Å². The summed E-state index contributed by atoms with van der Waals surface area (Å²) < 4.78 is 32.2. The molecule has 7 heteroatoms. The van der Waals surface area contributed by atoms with Crippen molar-refractivity contribution in [1.82, 2.24) is 10.0 Å². The minimum absolute atomic E-state index is 0.0128. The van der Waals surface area contributed by atoms with Crippen LogP contribution in [-0.2, 0) is 27.9 Å². The minimum atomic E-state index is -3.76. The first-order valence-corrected chi connectivity index (χ1v) is 10.3. The fourth-order valence-electron chi connectivity index (χ4n) is 2.43. The Morgan fingerprint density at radius 1 is 1.14 bits per heavy atom. The highest BCUT2D eigenvalue weighted by Gasteiger charge is 2.15. The van der Waals surface area contributed by atoms with E-state index in [4.69, 9.17) is 11.2 Å². The summed E-state index contributed by atoms with van der Waals surface area (Å²) in [6, 6.07) is 13.5. The second-order valence-electron chi connectivity index (χ2n) is 6.37. The SMILES string of the molecule is C#CCNS(=O)(=O)c1cccc(C(=O)NCc2ccccc2COC(C)C)c1. The van der Waals surface area contributed by atoms with Crippen LogP contribution in [0.3, 0.4) is 0 Å². The monoisotopic (exact) mass is 400 g/mol. The Bertz CT molecular complexity index is 962. The second-order valence-corrected chi connectivity index (χ2v) is 8.13. The van der Waals surface area contributed by atoms with Gasteiger partial charge in [0.15, 0.2) is 0 Å². The van der Waals surface area contributed by atoms with E-state index in [2.05, 4.69) is 16.0 Å². The van der Waals surface area contributed by atoms with Gasteiger partial charge in [0.05, 0.1) is 24.2 Å². The molecule has 0 bridgehead atoms. The topological polar surface area (TPSA) is 84.5 Å². The molecule has 0 unspecified atom stereocenters. The van der Waals surface area contributed by atoms with Gasteiger partial charge in [0.25, 0.3) is 5.91 Å². The predicted octanol–water partition coefficient (Wildman–Crippen LogP) is 2.45. The lowest BCUT2D eigenvalue weighted by atomic mass is 10.1. The van der Waals surface area contributed by atoms with Crippen LogP contribution in [0.1, 0.15) is 35.3 Å². The first-order chi connectivity index (χ1) is 13.3. The number of nitrogens with one attached hydrogen (secondary N) is 2. The summed E-state index contributed by atoms with van der Waals surface area (Å²) in [5.74, 6) is 1.85. The van der Waals surface area contributed by atoms with Crippen molar-refractivity contribution in [2.75, 3.05) is 6.54 Å². The molecule has 0 atom stereocenters. The summed E-state index contributed by atoms with van der Waals surface area (Å²) in [4.78, 5) is 12.5. The van der Waals surface area contributed by atoms with E-state index in [1.807, 2.05) is 38.1 Å². The zero-order valence-electron chi connectivity index (χ0n) is 15.9. The van der Waals surface area contributed by atoms with Gasteiger partial charge >= 0.3 is 0 Å². The second kappa shape index (κ2) is 10.0. The van der Waals surface area contributed by atoms with Crippen molar-refractivity contribution in [2.45, 2.75) is 38.0 Å². The molecule has 0 saturated heterocycles. The zero-order valence-corrected chi connectivity index (χ0v) is 16.8. The molecule has 28 heavy (non-hydrogen) atoms. The van der Waals surface area contributed by atoms with Crippen LogP contribution in [-0.4, -0.2) is 27.0 Å². The van der Waals surface area contributed by atoms with E-state index in [1.165, 1.54) is 18.2 Å². The van der Waals surface area contributed by atoms with E-state index in [9.17, 15) is 13.2 Å². The van der Waals surface area contributed by atoms with Crippen LogP contribution in [0.4, 0.5) is 0 Å². The van der Waals surface area contributed by atoms with Crippen molar-refractivity contribution in [3.8, 4) is 12.3 Å². The third kappa shape index (κ3) is 6.20. The van der Waals surface area contributed by atoms with E-state index in [-0.39, 0.29) is 29.0 Å². The van der Waals surface area contributed by atoms with Gasteiger partial charge in [-0.2, -0.15) is 4.72 Å². The van der Waals surface area contributed by atoms with E-state index < -0.39 is 10.0 Å². The molecule has 2 rings (SSSR count). The largest absolute Gasteiger partial charge is 0.374 e. The van der Waals surface area contributed by atoms with Crippen LogP contribution >= 0.6 is 0 Å². The first kappa shape index (κ1) is 21.6. The van der Waals surface area contributed by atoms with Gasteiger partial charge in [-0.05, 0) is 43.2 Å². The zero-order chi connectivity index (χ0) is 20.6. The molecule has 0 saturated carbocycles. The number of hydrogen-bond donors (Lipinski definition) is 2. The molecule has 6 nitrogen and oxygen atoms in total. The predicted molar refractivity (Wildman–Crippen MR) is 108 cm³/mol. The number of ether oxygens (including phenoxy) is 1. The number of benzene rings is 2. The third-order valence-corrected chi connectivity index (χ3v) is 5.30. The maximum absolute atomic E-state index is 12.5. The summed E-state index contributed by atoms with van der Waals surface area (Å²) >= 11 is 0. The Labute approximate surface area is 166 Å². The molecule has 0 aliphatic heterocycles. The van der Waals surface area contributed by atoms with Crippen LogP contribution in [0.25, 0.3) is 0 Å². The van der Waals surface area contributed by atoms with Crippen molar-refractivity contribution in [3.05, 3.63) is 65.2 Å². The molecule has 0 spiro atoms. The van der Waals surface area contributed by atoms with Gasteiger partial charge in [0.1, 0.15) is 0 Å². The van der Waals surface area contributed by atoms with Gasteiger partial charge in [0.2, 0.25) is 10.0 Å². The van der Waals surface area contributed by atoms with Crippen molar-refractivity contribution in [2.24, 2.45) is 0 Å². The normalized spacial score (nSPS) is 11.2. The minimum Gasteiger partial charge on any atom is -0.374 e. The maximum Gasteiger partial charge on any atom is 0.251 e. The number of hydrogen-bond acceptors (Lipinski definition) is 4. The molecule has 0 radical (unpaired) electrons. The maximum atomic E-state index is 12.5. The van der Waals surface area contributed by atoms with Crippen LogP contribution in [0, 0.1) is 12.3 Å². The Balaban J connectivity index is 2.09. The lowest BCUT2D eigenvalue weighted by molar-refractivity contribution is 0.0651. The van der Waals surface area contributed by atoms with Gasteiger partial charge in [0, 0.05) is 12.1 Å². The number of carbonyl (C=O) groups is 1. The highest BCUT2D eigenvalue weighted by Crippen LogP contribution is 2.14. The fraction of sp³-hybridized carbons (Fsp3) is 0.286. The van der Waals surface area contributed by atoms with Crippen molar-refractivity contribution in [3.63, 3.8) is 0 Å². The van der Waals surface area contributed by atoms with E-state index in [1.54, 1.807) is 6.07 Å². The summed E-state index contributed by atoms with van der Waals surface area (Å²) in [5.41, 5.74) is 2.18. The Morgan fingerprint density at radius 2 is 1.86 bits per heavy atom. The summed E-state index contributed by atoms with van der Waals surface area (Å²) in [5, 5.41) is 2.82. The average molecular weight is 401 g/mol. The molecule has 0 fully saturated rings. The van der Waals surface area contributed by atoms with E-state index in [0.717, 1.165) is 11.1 Å². The molecular formula is C21H24N2O4S. The van der Waals surface area contributed by atoms with Gasteiger partial charge in [-0.3, -0.25) is 4.79 Å². The number of rotatable bonds is 9. The number of carbonyl (C=O) groups excluding carboxylic acids is 1. The van der Waals surface area contributed by atoms with Gasteiger partial charge in [-0.15, -0.1) is 6.42 Å². The first-order valence-electron chi connectivity index (χ1n) is 8.83. The molecule has 0 heterocycles. The van der Waals surface area contributed by atoms with Crippen molar-refractivity contribution < 1.29 is 17.9 Å². The molecule has 0 aromatic heterocycles. The summed E-state index contributed by atoms with van der Waals surface area (Å²) in [6.45, 7) is 4.57. The molecule has 2 N–H and O–H groups in total. The summed E-state index contributed by atoms with van der Waals surface area (Å²) in [6.07, 6.45) is 5.19. The van der Waals surface area contributed by atoms with E-state index in [0.29, 0.717) is 13.2 Å². The van der Waals surface area contributed by atoms with Crippen molar-refractivity contribution >= 4 is 15.9 Å². The van der Waals surface area contributed by atoms with Crippen LogP contribution < -0.4 is 10.0 Å². The number of terminal acetylenes is 1. The molecule has 1 amide bonds.